The van der Waals surface area contributed by atoms with Crippen molar-refractivity contribution in [2.75, 3.05) is 44.2 Å². The molecule has 1 aliphatic carbocycles. The Morgan fingerprint density at radius 3 is 2.50 bits per heavy atom. The highest BCUT2D eigenvalue weighted by Crippen LogP contribution is 2.28. The lowest BCUT2D eigenvalue weighted by atomic mass is 9.84. The Morgan fingerprint density at radius 2 is 1.83 bits per heavy atom. The third-order valence-corrected chi connectivity index (χ3v) is 6.26. The van der Waals surface area contributed by atoms with Crippen molar-refractivity contribution in [2.45, 2.75) is 58.1 Å². The number of carbonyl (C=O) groups is 1. The molecule has 3 rings (SSSR count). The van der Waals surface area contributed by atoms with Crippen LogP contribution in [0.2, 0.25) is 0 Å². The first-order valence-corrected chi connectivity index (χ1v) is 11.2. The van der Waals surface area contributed by atoms with E-state index in [1.54, 1.807) is 12.1 Å². The van der Waals surface area contributed by atoms with Gasteiger partial charge in [0, 0.05) is 32.2 Å². The summed E-state index contributed by atoms with van der Waals surface area (Å²) in [6, 6.07) is 4.65. The molecular formula is C23H35F2N3O2. The number of anilines is 1. The highest BCUT2D eigenvalue weighted by atomic mass is 19.2. The van der Waals surface area contributed by atoms with Gasteiger partial charge in [0.25, 0.3) is 0 Å². The summed E-state index contributed by atoms with van der Waals surface area (Å²) >= 11 is 0. The summed E-state index contributed by atoms with van der Waals surface area (Å²) in [6.07, 6.45) is 5.58. The lowest BCUT2D eigenvalue weighted by Gasteiger charge is -2.37. The Labute approximate surface area is 178 Å². The number of ether oxygens (including phenoxy) is 1. The standard InChI is InChI=1S/C23H35F2N3O2/c1-17(2)30-16-22(29)26-19-8-6-18(7-9-19)10-11-27-12-14-28(15-13-27)21-5-3-4-20(24)23(21)25/h3-5,17-19H,6-16H2,1-2H3,(H,26,29)/t18-,19-. The first-order chi connectivity index (χ1) is 14.4. The Kier molecular flexibility index (Phi) is 8.45. The summed E-state index contributed by atoms with van der Waals surface area (Å²) in [7, 11) is 0. The molecular weight excluding hydrogens is 388 g/mol. The van der Waals surface area contributed by atoms with Gasteiger partial charge in [-0.3, -0.25) is 9.69 Å². The lowest BCUT2D eigenvalue weighted by Crippen LogP contribution is -2.47. The van der Waals surface area contributed by atoms with Crippen molar-refractivity contribution in [3.63, 3.8) is 0 Å². The van der Waals surface area contributed by atoms with Gasteiger partial charge in [-0.2, -0.15) is 0 Å². The summed E-state index contributed by atoms with van der Waals surface area (Å²) in [5, 5.41) is 3.09. The summed E-state index contributed by atoms with van der Waals surface area (Å²) in [5.41, 5.74) is 0.369. The molecule has 0 radical (unpaired) electrons. The molecule has 0 bridgehead atoms. The quantitative estimate of drug-likeness (QED) is 0.694. The van der Waals surface area contributed by atoms with E-state index in [9.17, 15) is 13.6 Å². The van der Waals surface area contributed by atoms with Gasteiger partial charge in [0.2, 0.25) is 5.91 Å². The third kappa shape index (κ3) is 6.64. The average molecular weight is 424 g/mol. The predicted octanol–water partition coefficient (Wildman–Crippen LogP) is 3.58. The Morgan fingerprint density at radius 1 is 1.13 bits per heavy atom. The van der Waals surface area contributed by atoms with Crippen LogP contribution in [0, 0.1) is 17.6 Å². The zero-order chi connectivity index (χ0) is 21.5. The topological polar surface area (TPSA) is 44.8 Å². The molecule has 0 atom stereocenters. The fourth-order valence-electron chi connectivity index (χ4n) is 4.42. The molecule has 1 aromatic carbocycles. The number of halogens is 2. The number of benzene rings is 1. The Balaban J connectivity index is 1.32. The number of piperazine rings is 1. The summed E-state index contributed by atoms with van der Waals surface area (Å²) < 4.78 is 32.8. The normalized spacial score (nSPS) is 23.0. The zero-order valence-electron chi connectivity index (χ0n) is 18.2. The summed E-state index contributed by atoms with van der Waals surface area (Å²) in [6.45, 7) is 8.23. The van der Waals surface area contributed by atoms with Gasteiger partial charge in [0.15, 0.2) is 11.6 Å². The van der Waals surface area contributed by atoms with Gasteiger partial charge in [-0.05, 0) is 70.5 Å². The van der Waals surface area contributed by atoms with Crippen molar-refractivity contribution in [1.82, 2.24) is 10.2 Å². The molecule has 1 aromatic rings. The lowest BCUT2D eigenvalue weighted by molar-refractivity contribution is -0.128. The molecule has 1 amide bonds. The van der Waals surface area contributed by atoms with Crippen LogP contribution >= 0.6 is 0 Å². The van der Waals surface area contributed by atoms with Crippen LogP contribution in [0.3, 0.4) is 0 Å². The molecule has 1 N–H and O–H groups in total. The monoisotopic (exact) mass is 423 g/mol. The molecule has 168 valence electrons. The number of nitrogens with zero attached hydrogens (tertiary/aromatic N) is 2. The van der Waals surface area contributed by atoms with Crippen molar-refractivity contribution in [1.29, 1.82) is 0 Å². The third-order valence-electron chi connectivity index (χ3n) is 6.26. The molecule has 0 aromatic heterocycles. The first-order valence-electron chi connectivity index (χ1n) is 11.2. The number of hydrogen-bond donors (Lipinski definition) is 1. The Hall–Kier alpha value is -1.73. The molecule has 1 aliphatic heterocycles. The van der Waals surface area contributed by atoms with E-state index in [4.69, 9.17) is 4.74 Å². The molecule has 5 nitrogen and oxygen atoms in total. The van der Waals surface area contributed by atoms with Crippen LogP contribution in [-0.2, 0) is 9.53 Å². The number of nitrogens with one attached hydrogen (secondary N) is 1. The van der Waals surface area contributed by atoms with Gasteiger partial charge in [-0.25, -0.2) is 8.78 Å². The van der Waals surface area contributed by atoms with Crippen molar-refractivity contribution in [2.24, 2.45) is 5.92 Å². The minimum atomic E-state index is -0.783. The van der Waals surface area contributed by atoms with Crippen LogP contribution in [0.1, 0.15) is 46.0 Å². The summed E-state index contributed by atoms with van der Waals surface area (Å²) in [5.74, 6) is -0.844. The van der Waals surface area contributed by atoms with Gasteiger partial charge in [0.05, 0.1) is 11.8 Å². The van der Waals surface area contributed by atoms with E-state index in [1.165, 1.54) is 0 Å². The van der Waals surface area contributed by atoms with Crippen LogP contribution in [0.15, 0.2) is 18.2 Å². The highest BCUT2D eigenvalue weighted by molar-refractivity contribution is 5.77. The van der Waals surface area contributed by atoms with E-state index in [0.717, 1.165) is 70.9 Å². The van der Waals surface area contributed by atoms with Crippen LogP contribution in [0.4, 0.5) is 14.5 Å². The smallest absolute Gasteiger partial charge is 0.246 e. The SMILES string of the molecule is CC(C)OCC(=O)N[C@H]1CC[C@H](CCN2CCN(c3cccc(F)c3F)CC2)CC1. The number of hydrogen-bond acceptors (Lipinski definition) is 4. The van der Waals surface area contributed by atoms with Gasteiger partial charge in [0.1, 0.15) is 6.61 Å². The average Bonchev–Trinajstić information content (AvgIpc) is 2.74. The second-order valence-corrected chi connectivity index (χ2v) is 8.84. The van der Waals surface area contributed by atoms with Gasteiger partial charge < -0.3 is 15.0 Å². The minimum Gasteiger partial charge on any atom is -0.369 e. The Bertz CT molecular complexity index is 685. The van der Waals surface area contributed by atoms with Crippen LogP contribution in [-0.4, -0.2) is 62.3 Å². The van der Waals surface area contributed by atoms with Crippen LogP contribution in [0.5, 0.6) is 0 Å². The molecule has 0 spiro atoms. The van der Waals surface area contributed by atoms with Gasteiger partial charge in [-0.1, -0.05) is 6.07 Å². The molecule has 0 unspecified atom stereocenters. The predicted molar refractivity (Wildman–Crippen MR) is 115 cm³/mol. The second kappa shape index (κ2) is 11.0. The second-order valence-electron chi connectivity index (χ2n) is 8.84. The van der Waals surface area contributed by atoms with E-state index in [1.807, 2.05) is 18.7 Å². The minimum absolute atomic E-state index is 0.0141. The van der Waals surface area contributed by atoms with Crippen molar-refractivity contribution < 1.29 is 18.3 Å². The van der Waals surface area contributed by atoms with Gasteiger partial charge in [-0.15, -0.1) is 0 Å². The number of rotatable bonds is 8. The van der Waals surface area contributed by atoms with Crippen molar-refractivity contribution in [3.05, 3.63) is 29.8 Å². The molecule has 2 aliphatic rings. The van der Waals surface area contributed by atoms with E-state index in [-0.39, 0.29) is 24.7 Å². The fourth-order valence-corrected chi connectivity index (χ4v) is 4.42. The highest BCUT2D eigenvalue weighted by Gasteiger charge is 2.25. The van der Waals surface area contributed by atoms with Crippen molar-refractivity contribution in [3.8, 4) is 0 Å². The maximum atomic E-state index is 14.0. The summed E-state index contributed by atoms with van der Waals surface area (Å²) in [4.78, 5) is 16.3. The molecule has 30 heavy (non-hydrogen) atoms. The zero-order valence-corrected chi connectivity index (χ0v) is 18.2. The molecule has 1 saturated carbocycles. The number of amides is 1. The fraction of sp³-hybridized carbons (Fsp3) is 0.696. The van der Waals surface area contributed by atoms with E-state index >= 15 is 0 Å². The molecule has 2 fully saturated rings. The van der Waals surface area contributed by atoms with E-state index in [0.29, 0.717) is 11.6 Å². The largest absolute Gasteiger partial charge is 0.369 e. The maximum absolute atomic E-state index is 14.0. The molecule has 1 heterocycles. The number of carbonyl (C=O) groups excluding carboxylic acids is 1. The van der Waals surface area contributed by atoms with Gasteiger partial charge >= 0.3 is 0 Å². The first kappa shape index (κ1) is 22.9. The molecule has 7 heteroatoms. The van der Waals surface area contributed by atoms with E-state index < -0.39 is 11.6 Å². The van der Waals surface area contributed by atoms with Crippen molar-refractivity contribution >= 4 is 11.6 Å². The van der Waals surface area contributed by atoms with Crippen LogP contribution < -0.4 is 10.2 Å². The van der Waals surface area contributed by atoms with Crippen LogP contribution in [0.25, 0.3) is 0 Å². The molecule has 1 saturated heterocycles. The van der Waals surface area contributed by atoms with E-state index in [2.05, 4.69) is 10.2 Å². The maximum Gasteiger partial charge on any atom is 0.246 e.